The number of carbonyl (C=O) groups is 2. The molecule has 0 heterocycles. The van der Waals surface area contributed by atoms with Gasteiger partial charge in [-0.1, -0.05) is 0 Å². The minimum Gasteiger partial charge on any atom is -0.455 e. The molecule has 0 unspecified atom stereocenters. The molecular weight excluding hydrogens is 198 g/mol. The highest BCUT2D eigenvalue weighted by atomic mass is 16.5. The van der Waals surface area contributed by atoms with Crippen molar-refractivity contribution >= 4 is 11.9 Å². The van der Waals surface area contributed by atoms with Crippen LogP contribution in [0.2, 0.25) is 0 Å². The first kappa shape index (κ1) is 12.0. The van der Waals surface area contributed by atoms with E-state index in [1.165, 1.54) is 4.90 Å². The van der Waals surface area contributed by atoms with E-state index in [-0.39, 0.29) is 30.3 Å². The Morgan fingerprint density at radius 2 is 2.07 bits per heavy atom. The van der Waals surface area contributed by atoms with Crippen LogP contribution in [0.15, 0.2) is 0 Å². The Labute approximate surface area is 89.3 Å². The van der Waals surface area contributed by atoms with Gasteiger partial charge in [-0.05, 0) is 12.3 Å². The second-order valence-corrected chi connectivity index (χ2v) is 3.95. The first-order chi connectivity index (χ1) is 7.06. The lowest BCUT2D eigenvalue weighted by molar-refractivity contribution is -0.152. The summed E-state index contributed by atoms with van der Waals surface area (Å²) in [5.41, 5.74) is 0. The summed E-state index contributed by atoms with van der Waals surface area (Å²) in [4.78, 5) is 23.9. The number of hydrogen-bond acceptors (Lipinski definition) is 4. The van der Waals surface area contributed by atoms with Crippen LogP contribution in [0.1, 0.15) is 6.42 Å². The highest BCUT2D eigenvalue weighted by Gasteiger charge is 2.44. The zero-order chi connectivity index (χ0) is 11.4. The topological polar surface area (TPSA) is 55.8 Å². The van der Waals surface area contributed by atoms with Crippen molar-refractivity contribution in [3.05, 3.63) is 0 Å². The maximum atomic E-state index is 11.4. The third-order valence-corrected chi connectivity index (χ3v) is 2.44. The van der Waals surface area contributed by atoms with Crippen LogP contribution in [-0.2, 0) is 19.1 Å². The molecule has 0 N–H and O–H groups in total. The molecule has 5 heteroatoms. The van der Waals surface area contributed by atoms with Crippen LogP contribution < -0.4 is 0 Å². The van der Waals surface area contributed by atoms with Gasteiger partial charge in [0.25, 0.3) is 5.91 Å². The minimum atomic E-state index is -0.285. The molecule has 0 bridgehead atoms. The maximum Gasteiger partial charge on any atom is 0.309 e. The van der Waals surface area contributed by atoms with Gasteiger partial charge in [-0.15, -0.1) is 0 Å². The minimum absolute atomic E-state index is 0.0695. The zero-order valence-corrected chi connectivity index (χ0v) is 9.36. The molecule has 1 aliphatic rings. The summed E-state index contributed by atoms with van der Waals surface area (Å²) in [6, 6.07) is 0. The first-order valence-corrected chi connectivity index (χ1v) is 4.92. The Morgan fingerprint density at radius 3 is 2.60 bits per heavy atom. The Balaban J connectivity index is 2.18. The lowest BCUT2D eigenvalue weighted by Gasteiger charge is -2.10. The van der Waals surface area contributed by atoms with Gasteiger partial charge in [-0.3, -0.25) is 9.59 Å². The number of nitrogens with zero attached hydrogens (tertiary/aromatic N) is 1. The molecule has 0 aliphatic heterocycles. The van der Waals surface area contributed by atoms with E-state index in [4.69, 9.17) is 9.47 Å². The number of esters is 1. The van der Waals surface area contributed by atoms with Gasteiger partial charge in [0, 0.05) is 27.8 Å². The van der Waals surface area contributed by atoms with E-state index in [1.54, 1.807) is 21.2 Å². The number of hydrogen-bond donors (Lipinski definition) is 0. The summed E-state index contributed by atoms with van der Waals surface area (Å²) >= 11 is 0. The molecular formula is C10H17NO4. The second-order valence-electron chi connectivity index (χ2n) is 3.95. The quantitative estimate of drug-likeness (QED) is 0.601. The highest BCUT2D eigenvalue weighted by molar-refractivity contribution is 5.82. The van der Waals surface area contributed by atoms with Crippen molar-refractivity contribution in [2.45, 2.75) is 6.42 Å². The standard InChI is InChI=1S/C10H17NO4/c1-11(2)9(12)6-15-10(13)8-4-7(8)5-14-3/h7-8H,4-6H2,1-3H3/t7-,8+/m0/s1. The molecule has 5 nitrogen and oxygen atoms in total. The van der Waals surface area contributed by atoms with Gasteiger partial charge in [-0.25, -0.2) is 0 Å². The molecule has 1 fully saturated rings. The Hall–Kier alpha value is -1.10. The summed E-state index contributed by atoms with van der Waals surface area (Å²) in [5, 5.41) is 0. The SMILES string of the molecule is COC[C@@H]1C[C@H]1C(=O)OCC(=O)N(C)C. The summed E-state index contributed by atoms with van der Waals surface area (Å²) in [6.45, 7) is 0.420. The van der Waals surface area contributed by atoms with E-state index in [2.05, 4.69) is 0 Å². The van der Waals surface area contributed by atoms with Gasteiger partial charge < -0.3 is 14.4 Å². The van der Waals surface area contributed by atoms with Crippen LogP contribution in [0.4, 0.5) is 0 Å². The van der Waals surface area contributed by atoms with E-state index in [0.29, 0.717) is 6.61 Å². The number of ether oxygens (including phenoxy) is 2. The summed E-state index contributed by atoms with van der Waals surface area (Å²) in [7, 11) is 4.86. The molecule has 1 amide bonds. The predicted molar refractivity (Wildman–Crippen MR) is 53.1 cm³/mol. The van der Waals surface area contributed by atoms with Crippen LogP contribution in [0.25, 0.3) is 0 Å². The van der Waals surface area contributed by atoms with Crippen molar-refractivity contribution in [2.75, 3.05) is 34.4 Å². The Bertz CT molecular complexity index is 252. The van der Waals surface area contributed by atoms with Gasteiger partial charge in [-0.2, -0.15) is 0 Å². The van der Waals surface area contributed by atoms with Crippen LogP contribution in [0.3, 0.4) is 0 Å². The smallest absolute Gasteiger partial charge is 0.309 e. The van der Waals surface area contributed by atoms with E-state index in [1.807, 2.05) is 0 Å². The maximum absolute atomic E-state index is 11.4. The first-order valence-electron chi connectivity index (χ1n) is 4.92. The molecule has 86 valence electrons. The highest BCUT2D eigenvalue weighted by Crippen LogP contribution is 2.39. The summed E-state index contributed by atoms with van der Waals surface area (Å²) < 4.78 is 9.81. The number of methoxy groups -OCH3 is 1. The normalized spacial score (nSPS) is 23.4. The van der Waals surface area contributed by atoms with E-state index in [9.17, 15) is 9.59 Å². The van der Waals surface area contributed by atoms with E-state index >= 15 is 0 Å². The zero-order valence-electron chi connectivity index (χ0n) is 9.36. The average Bonchev–Trinajstić information content (AvgIpc) is 2.93. The van der Waals surface area contributed by atoms with Crippen molar-refractivity contribution in [1.82, 2.24) is 4.90 Å². The molecule has 0 aromatic heterocycles. The number of carbonyl (C=O) groups excluding carboxylic acids is 2. The molecule has 0 aromatic carbocycles. The van der Waals surface area contributed by atoms with Crippen molar-refractivity contribution in [3.63, 3.8) is 0 Å². The second kappa shape index (κ2) is 5.11. The number of likely N-dealkylation sites (N-methyl/N-ethyl adjacent to an activating group) is 1. The van der Waals surface area contributed by atoms with Crippen molar-refractivity contribution in [1.29, 1.82) is 0 Å². The Kier molecular flexibility index (Phi) is 4.08. The molecule has 0 saturated heterocycles. The number of rotatable bonds is 5. The van der Waals surface area contributed by atoms with Crippen molar-refractivity contribution in [2.24, 2.45) is 11.8 Å². The fourth-order valence-electron chi connectivity index (χ4n) is 1.30. The molecule has 2 atom stereocenters. The molecule has 0 aromatic rings. The molecule has 0 spiro atoms. The average molecular weight is 215 g/mol. The molecule has 0 radical (unpaired) electrons. The third kappa shape index (κ3) is 3.51. The molecule has 1 rings (SSSR count). The van der Waals surface area contributed by atoms with Gasteiger partial charge >= 0.3 is 5.97 Å². The van der Waals surface area contributed by atoms with Gasteiger partial charge in [0.15, 0.2) is 6.61 Å². The van der Waals surface area contributed by atoms with Gasteiger partial charge in [0.05, 0.1) is 5.92 Å². The van der Waals surface area contributed by atoms with Crippen LogP contribution in [-0.4, -0.2) is 51.2 Å². The van der Waals surface area contributed by atoms with Crippen LogP contribution in [0.5, 0.6) is 0 Å². The van der Waals surface area contributed by atoms with E-state index in [0.717, 1.165) is 6.42 Å². The summed E-state index contributed by atoms with van der Waals surface area (Å²) in [6.07, 6.45) is 0.808. The van der Waals surface area contributed by atoms with Crippen LogP contribution >= 0.6 is 0 Å². The fourth-order valence-corrected chi connectivity index (χ4v) is 1.30. The number of amides is 1. The van der Waals surface area contributed by atoms with E-state index < -0.39 is 0 Å². The largest absolute Gasteiger partial charge is 0.455 e. The van der Waals surface area contributed by atoms with Crippen LogP contribution in [0, 0.1) is 11.8 Å². The summed E-state index contributed by atoms with van der Waals surface area (Å²) in [5.74, 6) is -0.281. The monoisotopic (exact) mass is 215 g/mol. The van der Waals surface area contributed by atoms with Gasteiger partial charge in [0.1, 0.15) is 0 Å². The predicted octanol–water partition coefficient (Wildman–Crippen LogP) is -0.0997. The van der Waals surface area contributed by atoms with Crippen molar-refractivity contribution < 1.29 is 19.1 Å². The molecule has 1 saturated carbocycles. The lowest BCUT2D eigenvalue weighted by Crippen LogP contribution is -2.28. The fraction of sp³-hybridized carbons (Fsp3) is 0.800. The molecule has 1 aliphatic carbocycles. The third-order valence-electron chi connectivity index (χ3n) is 2.44. The van der Waals surface area contributed by atoms with Crippen molar-refractivity contribution in [3.8, 4) is 0 Å². The molecule has 15 heavy (non-hydrogen) atoms. The Morgan fingerprint density at radius 1 is 1.40 bits per heavy atom. The van der Waals surface area contributed by atoms with Gasteiger partial charge in [0.2, 0.25) is 0 Å². The lowest BCUT2D eigenvalue weighted by atomic mass is 10.3.